The summed E-state index contributed by atoms with van der Waals surface area (Å²) in [6.45, 7) is 2.07. The molecule has 1 fully saturated rings. The number of rotatable bonds is 5. The van der Waals surface area contributed by atoms with Crippen LogP contribution in [-0.2, 0) is 22.1 Å². The molecule has 1 heterocycles. The van der Waals surface area contributed by atoms with Gasteiger partial charge in [-0.2, -0.15) is 18.3 Å². The minimum Gasteiger partial charge on any atom is -0.466 e. The van der Waals surface area contributed by atoms with Crippen LogP contribution in [0.3, 0.4) is 0 Å². The summed E-state index contributed by atoms with van der Waals surface area (Å²) < 4.78 is 46.7. The van der Waals surface area contributed by atoms with E-state index in [0.717, 1.165) is 16.3 Å². The van der Waals surface area contributed by atoms with Crippen molar-refractivity contribution in [2.75, 3.05) is 6.61 Å². The first-order chi connectivity index (χ1) is 12.9. The smallest absolute Gasteiger partial charge is 0.433 e. The number of carbonyl (C=O) groups is 1. The largest absolute Gasteiger partial charge is 0.466 e. The fraction of sp³-hybridized carbons (Fsp3) is 0.500. The minimum absolute atomic E-state index is 0.227. The van der Waals surface area contributed by atoms with Crippen LogP contribution in [-0.4, -0.2) is 22.4 Å². The maximum absolute atomic E-state index is 13.5. The Morgan fingerprint density at radius 1 is 1.19 bits per heavy atom. The van der Waals surface area contributed by atoms with Gasteiger partial charge in [-0.1, -0.05) is 30.3 Å². The molecule has 27 heavy (non-hydrogen) atoms. The van der Waals surface area contributed by atoms with Crippen molar-refractivity contribution in [2.45, 2.75) is 51.2 Å². The molecule has 0 spiro atoms. The summed E-state index contributed by atoms with van der Waals surface area (Å²) in [5, 5.41) is 4.28. The fourth-order valence-electron chi connectivity index (χ4n) is 3.64. The normalized spacial score (nSPS) is 20.4. The van der Waals surface area contributed by atoms with E-state index in [4.69, 9.17) is 4.74 Å². The van der Waals surface area contributed by atoms with Gasteiger partial charge in [0.2, 0.25) is 0 Å². The van der Waals surface area contributed by atoms with Gasteiger partial charge in [-0.3, -0.25) is 9.48 Å². The van der Waals surface area contributed by atoms with Crippen LogP contribution in [0.15, 0.2) is 36.4 Å². The molecule has 0 atom stereocenters. The van der Waals surface area contributed by atoms with Gasteiger partial charge in [0.15, 0.2) is 0 Å². The SMILES string of the molecule is CCOC(=O)C1CCC(n2nc(Cc3ccccc3)cc2C(F)(F)F)CC1. The van der Waals surface area contributed by atoms with Gasteiger partial charge < -0.3 is 4.74 Å². The van der Waals surface area contributed by atoms with Gasteiger partial charge in [-0.15, -0.1) is 0 Å². The van der Waals surface area contributed by atoms with Gasteiger partial charge in [0.1, 0.15) is 5.69 Å². The number of aromatic nitrogens is 2. The van der Waals surface area contributed by atoms with Crippen molar-refractivity contribution in [1.29, 1.82) is 0 Å². The first-order valence-electron chi connectivity index (χ1n) is 9.24. The van der Waals surface area contributed by atoms with Crippen molar-refractivity contribution in [3.63, 3.8) is 0 Å². The summed E-state index contributed by atoms with van der Waals surface area (Å²) in [6, 6.07) is 10.1. The average Bonchev–Trinajstić information content (AvgIpc) is 3.07. The molecule has 0 aliphatic heterocycles. The van der Waals surface area contributed by atoms with E-state index in [1.807, 2.05) is 30.3 Å². The van der Waals surface area contributed by atoms with E-state index in [-0.39, 0.29) is 17.9 Å². The Bertz CT molecular complexity index is 763. The number of nitrogens with zero attached hydrogens (tertiary/aromatic N) is 2. The lowest BCUT2D eigenvalue weighted by atomic mass is 9.86. The average molecular weight is 380 g/mol. The molecule has 1 aromatic carbocycles. The van der Waals surface area contributed by atoms with Crippen LogP contribution in [0.5, 0.6) is 0 Å². The summed E-state index contributed by atoms with van der Waals surface area (Å²) in [4.78, 5) is 11.9. The molecule has 0 amide bonds. The van der Waals surface area contributed by atoms with Crippen molar-refractivity contribution < 1.29 is 22.7 Å². The van der Waals surface area contributed by atoms with E-state index in [2.05, 4.69) is 5.10 Å². The third kappa shape index (κ3) is 4.70. The number of alkyl halides is 3. The van der Waals surface area contributed by atoms with E-state index < -0.39 is 11.9 Å². The Hall–Kier alpha value is -2.31. The third-order valence-electron chi connectivity index (χ3n) is 4.97. The van der Waals surface area contributed by atoms with Gasteiger partial charge in [-0.05, 0) is 44.2 Å². The van der Waals surface area contributed by atoms with Crippen LogP contribution >= 0.6 is 0 Å². The number of esters is 1. The zero-order valence-electron chi connectivity index (χ0n) is 15.2. The number of hydrogen-bond donors (Lipinski definition) is 0. The molecule has 3 rings (SSSR count). The van der Waals surface area contributed by atoms with Crippen molar-refractivity contribution in [3.8, 4) is 0 Å². The van der Waals surface area contributed by atoms with E-state index in [1.54, 1.807) is 6.92 Å². The standard InChI is InChI=1S/C20H23F3N2O2/c1-2-27-19(26)15-8-10-17(11-9-15)25-18(20(21,22)23)13-16(24-25)12-14-6-4-3-5-7-14/h3-7,13,15,17H,2,8-12H2,1H3. The molecule has 1 aromatic heterocycles. The van der Waals surface area contributed by atoms with Crippen molar-refractivity contribution >= 4 is 5.97 Å². The topological polar surface area (TPSA) is 44.1 Å². The van der Waals surface area contributed by atoms with Crippen molar-refractivity contribution in [2.24, 2.45) is 5.92 Å². The third-order valence-corrected chi connectivity index (χ3v) is 4.97. The molecular formula is C20H23F3N2O2. The molecule has 146 valence electrons. The van der Waals surface area contributed by atoms with Gasteiger partial charge >= 0.3 is 12.1 Å². The summed E-state index contributed by atoms with van der Waals surface area (Å²) in [5.41, 5.74) is 0.607. The molecular weight excluding hydrogens is 357 g/mol. The molecule has 0 N–H and O–H groups in total. The second-order valence-electron chi connectivity index (χ2n) is 6.88. The fourth-order valence-corrected chi connectivity index (χ4v) is 3.64. The second kappa shape index (κ2) is 8.15. The second-order valence-corrected chi connectivity index (χ2v) is 6.88. The van der Waals surface area contributed by atoms with E-state index in [9.17, 15) is 18.0 Å². The van der Waals surface area contributed by atoms with Gasteiger partial charge in [0.05, 0.1) is 24.3 Å². The van der Waals surface area contributed by atoms with Gasteiger partial charge in [0.25, 0.3) is 0 Å². The lowest BCUT2D eigenvalue weighted by Gasteiger charge is -2.28. The maximum atomic E-state index is 13.5. The molecule has 1 aliphatic carbocycles. The van der Waals surface area contributed by atoms with Crippen LogP contribution in [0.2, 0.25) is 0 Å². The van der Waals surface area contributed by atoms with E-state index >= 15 is 0 Å². The predicted molar refractivity (Wildman–Crippen MR) is 94.1 cm³/mol. The Morgan fingerprint density at radius 2 is 1.85 bits per heavy atom. The number of ether oxygens (including phenoxy) is 1. The van der Waals surface area contributed by atoms with Crippen molar-refractivity contribution in [3.05, 3.63) is 53.3 Å². The number of carbonyl (C=O) groups excluding carboxylic acids is 1. The molecule has 0 radical (unpaired) electrons. The zero-order valence-corrected chi connectivity index (χ0v) is 15.2. The number of benzene rings is 1. The highest BCUT2D eigenvalue weighted by Crippen LogP contribution is 2.38. The molecule has 0 saturated heterocycles. The quantitative estimate of drug-likeness (QED) is 0.701. The van der Waals surface area contributed by atoms with Crippen LogP contribution < -0.4 is 0 Å². The number of hydrogen-bond acceptors (Lipinski definition) is 3. The Morgan fingerprint density at radius 3 is 2.44 bits per heavy atom. The zero-order chi connectivity index (χ0) is 19.4. The van der Waals surface area contributed by atoms with Crippen LogP contribution in [0.25, 0.3) is 0 Å². The minimum atomic E-state index is -4.46. The molecule has 4 nitrogen and oxygen atoms in total. The Balaban J connectivity index is 1.77. The molecule has 7 heteroatoms. The summed E-state index contributed by atoms with van der Waals surface area (Å²) in [6.07, 6.45) is -2.09. The van der Waals surface area contributed by atoms with Gasteiger partial charge in [-0.25, -0.2) is 0 Å². The summed E-state index contributed by atoms with van der Waals surface area (Å²) >= 11 is 0. The molecule has 0 bridgehead atoms. The van der Waals surface area contributed by atoms with E-state index in [1.165, 1.54) is 0 Å². The summed E-state index contributed by atoms with van der Waals surface area (Å²) in [7, 11) is 0. The first-order valence-corrected chi connectivity index (χ1v) is 9.24. The molecule has 0 unspecified atom stereocenters. The van der Waals surface area contributed by atoms with Crippen LogP contribution in [0.1, 0.15) is 55.6 Å². The predicted octanol–water partition coefficient (Wildman–Crippen LogP) is 4.79. The Kier molecular flexibility index (Phi) is 5.87. The molecule has 1 saturated carbocycles. The molecule has 2 aromatic rings. The van der Waals surface area contributed by atoms with Crippen LogP contribution in [0, 0.1) is 5.92 Å². The highest BCUT2D eigenvalue weighted by molar-refractivity contribution is 5.72. The van der Waals surface area contributed by atoms with E-state index in [0.29, 0.717) is 44.4 Å². The van der Waals surface area contributed by atoms with Crippen molar-refractivity contribution in [1.82, 2.24) is 9.78 Å². The number of halogens is 3. The lowest BCUT2D eigenvalue weighted by molar-refractivity contribution is -0.150. The highest BCUT2D eigenvalue weighted by Gasteiger charge is 2.39. The molecule has 1 aliphatic rings. The highest BCUT2D eigenvalue weighted by atomic mass is 19.4. The first kappa shape index (κ1) is 19.5. The monoisotopic (exact) mass is 380 g/mol. The maximum Gasteiger partial charge on any atom is 0.433 e. The lowest BCUT2D eigenvalue weighted by Crippen LogP contribution is -2.27. The van der Waals surface area contributed by atoms with Gasteiger partial charge in [0, 0.05) is 6.42 Å². The summed E-state index contributed by atoms with van der Waals surface area (Å²) in [5.74, 6) is -0.480. The Labute approximate surface area is 156 Å². The van der Waals surface area contributed by atoms with Crippen LogP contribution in [0.4, 0.5) is 13.2 Å².